The summed E-state index contributed by atoms with van der Waals surface area (Å²) in [6, 6.07) is 11.2. The van der Waals surface area contributed by atoms with Gasteiger partial charge in [-0.15, -0.1) is 0 Å². The van der Waals surface area contributed by atoms with Crippen LogP contribution in [0.5, 0.6) is 0 Å². The highest BCUT2D eigenvalue weighted by molar-refractivity contribution is 5.77. The third-order valence-electron chi connectivity index (χ3n) is 6.14. The smallest absolute Gasteiger partial charge is 0.236 e. The zero-order chi connectivity index (χ0) is 19.5. The lowest BCUT2D eigenvalue weighted by Gasteiger charge is -2.36. The first-order valence-corrected chi connectivity index (χ1v) is 10.3. The molecule has 3 fully saturated rings. The van der Waals surface area contributed by atoms with Crippen molar-refractivity contribution >= 4 is 5.91 Å². The molecule has 5 rings (SSSR count). The summed E-state index contributed by atoms with van der Waals surface area (Å²) in [5.74, 6) is 0.865. The van der Waals surface area contributed by atoms with E-state index < -0.39 is 0 Å². The standard InChI is InChI=1S/C22H31N5O/c1-24(2)22(28)17-25-12-18-8-9-21(16-25)26(13-18)14-19-6-3-4-7-20(19)15-27-11-5-10-23-27/h3-7,10-11,18,21H,8-9,12-17H2,1-2H3/t18-,21+/m0/s1. The molecule has 1 aromatic carbocycles. The molecular formula is C22H31N5O. The summed E-state index contributed by atoms with van der Waals surface area (Å²) < 4.78 is 1.99. The number of likely N-dealkylation sites (N-methyl/N-ethyl adjacent to an activating group) is 1. The number of nitrogens with zero attached hydrogens (tertiary/aromatic N) is 5. The first kappa shape index (κ1) is 19.2. The Labute approximate surface area is 167 Å². The van der Waals surface area contributed by atoms with Crippen LogP contribution < -0.4 is 0 Å². The van der Waals surface area contributed by atoms with E-state index in [-0.39, 0.29) is 5.91 Å². The van der Waals surface area contributed by atoms with Crippen LogP contribution in [0.15, 0.2) is 42.7 Å². The molecule has 1 aromatic heterocycles. The topological polar surface area (TPSA) is 44.6 Å². The predicted molar refractivity (Wildman–Crippen MR) is 110 cm³/mol. The molecule has 0 N–H and O–H groups in total. The van der Waals surface area contributed by atoms with E-state index in [0.717, 1.165) is 32.7 Å². The highest BCUT2D eigenvalue weighted by Crippen LogP contribution is 2.29. The number of amides is 1. The molecule has 3 aliphatic heterocycles. The maximum absolute atomic E-state index is 12.2. The minimum absolute atomic E-state index is 0.206. The molecule has 6 heteroatoms. The van der Waals surface area contributed by atoms with Crippen LogP contribution in [0.2, 0.25) is 0 Å². The number of aromatic nitrogens is 2. The SMILES string of the molecule is CN(C)C(=O)CN1C[C@@H]2CC[C@H](C1)N(Cc1ccccc1Cn1cccn1)C2. The average Bonchev–Trinajstić information content (AvgIpc) is 3.04. The molecule has 0 radical (unpaired) electrons. The monoisotopic (exact) mass is 381 g/mol. The van der Waals surface area contributed by atoms with Crippen molar-refractivity contribution in [1.82, 2.24) is 24.5 Å². The Morgan fingerprint density at radius 1 is 1.07 bits per heavy atom. The van der Waals surface area contributed by atoms with E-state index in [1.165, 1.54) is 24.0 Å². The van der Waals surface area contributed by atoms with Crippen molar-refractivity contribution in [2.75, 3.05) is 40.3 Å². The molecule has 0 saturated carbocycles. The van der Waals surface area contributed by atoms with Crippen molar-refractivity contribution in [1.29, 1.82) is 0 Å². The second-order valence-electron chi connectivity index (χ2n) is 8.48. The molecule has 0 unspecified atom stereocenters. The van der Waals surface area contributed by atoms with Crippen LogP contribution in [0.3, 0.4) is 0 Å². The quantitative estimate of drug-likeness (QED) is 0.767. The molecule has 28 heavy (non-hydrogen) atoms. The first-order valence-electron chi connectivity index (χ1n) is 10.3. The molecule has 2 aromatic rings. The maximum atomic E-state index is 12.2. The van der Waals surface area contributed by atoms with Crippen LogP contribution in [0.1, 0.15) is 24.0 Å². The summed E-state index contributed by atoms with van der Waals surface area (Å²) >= 11 is 0. The summed E-state index contributed by atoms with van der Waals surface area (Å²) in [6.07, 6.45) is 6.37. The molecule has 6 nitrogen and oxygen atoms in total. The lowest BCUT2D eigenvalue weighted by molar-refractivity contribution is -0.130. The zero-order valence-corrected chi connectivity index (χ0v) is 17.0. The molecule has 0 aliphatic carbocycles. The number of carbonyl (C=O) groups excluding carboxylic acids is 1. The lowest BCUT2D eigenvalue weighted by atomic mass is 9.94. The zero-order valence-electron chi connectivity index (χ0n) is 17.0. The Balaban J connectivity index is 1.45. The Morgan fingerprint density at radius 2 is 1.86 bits per heavy atom. The van der Waals surface area contributed by atoms with Crippen LogP contribution in [0.25, 0.3) is 0 Å². The number of rotatable bonds is 6. The molecular weight excluding hydrogens is 350 g/mol. The fraction of sp³-hybridized carbons (Fsp3) is 0.545. The van der Waals surface area contributed by atoms with Gasteiger partial charge < -0.3 is 4.90 Å². The Bertz CT molecular complexity index is 788. The lowest BCUT2D eigenvalue weighted by Crippen LogP contribution is -2.44. The summed E-state index contributed by atoms with van der Waals surface area (Å²) in [7, 11) is 3.69. The van der Waals surface area contributed by atoms with E-state index in [4.69, 9.17) is 0 Å². The van der Waals surface area contributed by atoms with E-state index in [0.29, 0.717) is 18.5 Å². The molecule has 2 bridgehead atoms. The van der Waals surface area contributed by atoms with Crippen molar-refractivity contribution in [2.45, 2.75) is 32.0 Å². The second-order valence-corrected chi connectivity index (χ2v) is 8.48. The van der Waals surface area contributed by atoms with E-state index in [1.54, 1.807) is 4.90 Å². The molecule has 3 aliphatic rings. The summed E-state index contributed by atoms with van der Waals surface area (Å²) in [4.78, 5) is 18.9. The summed E-state index contributed by atoms with van der Waals surface area (Å²) in [5.41, 5.74) is 2.73. The Kier molecular flexibility index (Phi) is 5.78. The average molecular weight is 382 g/mol. The van der Waals surface area contributed by atoms with Crippen LogP contribution in [0, 0.1) is 5.92 Å². The number of carbonyl (C=O) groups is 1. The molecule has 1 amide bonds. The van der Waals surface area contributed by atoms with Gasteiger partial charge in [-0.25, -0.2) is 0 Å². The van der Waals surface area contributed by atoms with Crippen LogP contribution >= 0.6 is 0 Å². The number of hydrogen-bond donors (Lipinski definition) is 0. The first-order chi connectivity index (χ1) is 13.6. The minimum Gasteiger partial charge on any atom is -0.348 e. The van der Waals surface area contributed by atoms with Crippen molar-refractivity contribution < 1.29 is 4.79 Å². The minimum atomic E-state index is 0.206. The Morgan fingerprint density at radius 3 is 2.57 bits per heavy atom. The van der Waals surface area contributed by atoms with Crippen LogP contribution in [-0.2, 0) is 17.9 Å². The van der Waals surface area contributed by atoms with Gasteiger partial charge in [0.1, 0.15) is 0 Å². The number of piperidine rings is 1. The number of benzene rings is 1. The third-order valence-corrected chi connectivity index (χ3v) is 6.14. The van der Waals surface area contributed by atoms with Gasteiger partial charge >= 0.3 is 0 Å². The molecule has 0 spiro atoms. The van der Waals surface area contributed by atoms with Crippen LogP contribution in [-0.4, -0.2) is 76.7 Å². The normalized spacial score (nSPS) is 22.9. The van der Waals surface area contributed by atoms with Gasteiger partial charge in [0.05, 0.1) is 13.1 Å². The van der Waals surface area contributed by atoms with Crippen molar-refractivity contribution in [2.24, 2.45) is 5.92 Å². The Hall–Kier alpha value is -2.18. The van der Waals surface area contributed by atoms with Gasteiger partial charge in [0.2, 0.25) is 5.91 Å². The van der Waals surface area contributed by atoms with Crippen LogP contribution in [0.4, 0.5) is 0 Å². The van der Waals surface area contributed by atoms with E-state index in [1.807, 2.05) is 37.2 Å². The molecule has 150 valence electrons. The van der Waals surface area contributed by atoms with Crippen molar-refractivity contribution in [3.63, 3.8) is 0 Å². The second kappa shape index (κ2) is 8.45. The van der Waals surface area contributed by atoms with Gasteiger partial charge in [-0.2, -0.15) is 5.10 Å². The van der Waals surface area contributed by atoms with Gasteiger partial charge in [0.15, 0.2) is 0 Å². The predicted octanol–water partition coefficient (Wildman–Crippen LogP) is 1.92. The van der Waals surface area contributed by atoms with Crippen molar-refractivity contribution in [3.05, 3.63) is 53.9 Å². The maximum Gasteiger partial charge on any atom is 0.236 e. The fourth-order valence-electron chi connectivity index (χ4n) is 4.58. The highest BCUT2D eigenvalue weighted by atomic mass is 16.2. The van der Waals surface area contributed by atoms with Crippen molar-refractivity contribution in [3.8, 4) is 0 Å². The van der Waals surface area contributed by atoms with Gasteiger partial charge in [0.25, 0.3) is 0 Å². The van der Waals surface area contributed by atoms with E-state index in [2.05, 4.69) is 39.2 Å². The molecule has 4 heterocycles. The molecule has 3 saturated heterocycles. The van der Waals surface area contributed by atoms with Gasteiger partial charge in [-0.1, -0.05) is 24.3 Å². The summed E-state index contributed by atoms with van der Waals surface area (Å²) in [6.45, 7) is 5.51. The van der Waals surface area contributed by atoms with Gasteiger partial charge in [0, 0.05) is 58.7 Å². The van der Waals surface area contributed by atoms with E-state index >= 15 is 0 Å². The summed E-state index contributed by atoms with van der Waals surface area (Å²) in [5, 5.41) is 4.36. The van der Waals surface area contributed by atoms with Gasteiger partial charge in [-0.05, 0) is 36.0 Å². The van der Waals surface area contributed by atoms with E-state index in [9.17, 15) is 4.79 Å². The number of hydrogen-bond acceptors (Lipinski definition) is 4. The largest absolute Gasteiger partial charge is 0.348 e. The third kappa shape index (κ3) is 4.45. The molecule has 2 atom stereocenters. The number of fused-ring (bicyclic) bond motifs is 4. The fourth-order valence-corrected chi connectivity index (χ4v) is 4.58. The van der Waals surface area contributed by atoms with Gasteiger partial charge in [-0.3, -0.25) is 19.3 Å². The highest BCUT2D eigenvalue weighted by Gasteiger charge is 2.35.